The molecule has 3 aromatic rings. The largest absolute Gasteiger partial charge is 0.477 e. The molecule has 5 rings (SSSR count). The Morgan fingerprint density at radius 3 is 2.87 bits per heavy atom. The highest BCUT2D eigenvalue weighted by atomic mass is 32.1. The lowest BCUT2D eigenvalue weighted by Crippen LogP contribution is -2.51. The number of benzene rings is 1. The quantitative estimate of drug-likeness (QED) is 0.640. The van der Waals surface area contributed by atoms with Gasteiger partial charge in [0.05, 0.1) is 18.8 Å². The van der Waals surface area contributed by atoms with E-state index < -0.39 is 6.10 Å². The summed E-state index contributed by atoms with van der Waals surface area (Å²) in [4.78, 5) is 34.3. The number of ether oxygens (including phenoxy) is 1. The van der Waals surface area contributed by atoms with E-state index in [2.05, 4.69) is 15.0 Å². The van der Waals surface area contributed by atoms with Crippen molar-refractivity contribution in [3.8, 4) is 5.75 Å². The van der Waals surface area contributed by atoms with Crippen LogP contribution in [0.1, 0.15) is 30.0 Å². The summed E-state index contributed by atoms with van der Waals surface area (Å²) in [6, 6.07) is 9.23. The second kappa shape index (κ2) is 7.71. The van der Waals surface area contributed by atoms with Crippen molar-refractivity contribution in [3.63, 3.8) is 0 Å². The van der Waals surface area contributed by atoms with Gasteiger partial charge in [-0.25, -0.2) is 4.98 Å². The minimum absolute atomic E-state index is 0.0482. The van der Waals surface area contributed by atoms with Crippen molar-refractivity contribution in [2.24, 2.45) is 0 Å². The van der Waals surface area contributed by atoms with Crippen LogP contribution in [0.25, 0.3) is 4.96 Å². The lowest BCUT2D eigenvalue weighted by Gasteiger charge is -2.38. The van der Waals surface area contributed by atoms with Crippen molar-refractivity contribution >= 4 is 27.9 Å². The van der Waals surface area contributed by atoms with E-state index in [-0.39, 0.29) is 11.5 Å². The summed E-state index contributed by atoms with van der Waals surface area (Å²) >= 11 is 1.39. The zero-order chi connectivity index (χ0) is 20.7. The molecule has 0 spiro atoms. The van der Waals surface area contributed by atoms with Gasteiger partial charge in [0.25, 0.3) is 11.5 Å². The molecule has 156 valence electrons. The predicted octanol–water partition coefficient (Wildman–Crippen LogP) is 2.24. The van der Waals surface area contributed by atoms with Crippen LogP contribution in [0.4, 0.5) is 5.69 Å². The Labute approximate surface area is 177 Å². The fourth-order valence-electron chi connectivity index (χ4n) is 4.09. The summed E-state index contributed by atoms with van der Waals surface area (Å²) in [5, 5.41) is 5.23. The Morgan fingerprint density at radius 2 is 2.03 bits per heavy atom. The predicted molar refractivity (Wildman–Crippen MR) is 114 cm³/mol. The molecule has 30 heavy (non-hydrogen) atoms. The first kappa shape index (κ1) is 19.0. The molecule has 0 saturated carbocycles. The number of fused-ring (bicyclic) bond motifs is 2. The van der Waals surface area contributed by atoms with Gasteiger partial charge < -0.3 is 14.5 Å². The number of aryl methyl sites for hydroxylation is 1. The van der Waals surface area contributed by atoms with Crippen molar-refractivity contribution < 1.29 is 9.53 Å². The average Bonchev–Trinajstić information content (AvgIpc) is 3.16. The van der Waals surface area contributed by atoms with E-state index in [0.29, 0.717) is 29.5 Å². The molecule has 0 aliphatic carbocycles. The van der Waals surface area contributed by atoms with E-state index in [1.807, 2.05) is 29.2 Å². The van der Waals surface area contributed by atoms with Crippen LogP contribution in [-0.2, 0) is 11.3 Å². The number of nitrogens with zero attached hydrogens (tertiary/aromatic N) is 5. The maximum Gasteiger partial charge on any atom is 0.275 e. The van der Waals surface area contributed by atoms with Crippen molar-refractivity contribution in [1.29, 1.82) is 0 Å². The van der Waals surface area contributed by atoms with E-state index in [0.717, 1.165) is 36.6 Å². The van der Waals surface area contributed by atoms with Gasteiger partial charge in [0.2, 0.25) is 4.96 Å². The van der Waals surface area contributed by atoms with Crippen LogP contribution in [0.3, 0.4) is 0 Å². The minimum Gasteiger partial charge on any atom is -0.477 e. The lowest BCUT2D eigenvalue weighted by molar-refractivity contribution is -0.139. The van der Waals surface area contributed by atoms with Gasteiger partial charge in [0, 0.05) is 24.8 Å². The van der Waals surface area contributed by atoms with Crippen LogP contribution in [0.15, 0.2) is 35.1 Å². The van der Waals surface area contributed by atoms with Gasteiger partial charge in [-0.15, -0.1) is 0 Å². The Kier molecular flexibility index (Phi) is 4.90. The first-order chi connectivity index (χ1) is 14.6. The van der Waals surface area contributed by atoms with Crippen LogP contribution in [0, 0.1) is 6.92 Å². The Hall–Kier alpha value is -2.94. The van der Waals surface area contributed by atoms with Gasteiger partial charge in [-0.2, -0.15) is 9.61 Å². The summed E-state index contributed by atoms with van der Waals surface area (Å²) in [6.07, 6.45) is 2.72. The smallest absolute Gasteiger partial charge is 0.275 e. The molecule has 0 bridgehead atoms. The number of para-hydroxylation sites is 2. The lowest BCUT2D eigenvalue weighted by atomic mass is 10.1. The monoisotopic (exact) mass is 425 g/mol. The molecule has 2 aromatic heterocycles. The fourth-order valence-corrected chi connectivity index (χ4v) is 5.05. The topological polar surface area (TPSA) is 80.0 Å². The molecule has 4 heterocycles. The average molecular weight is 426 g/mol. The first-order valence-corrected chi connectivity index (χ1v) is 11.1. The number of piperidine rings is 1. The molecule has 0 unspecified atom stereocenters. The molecule has 2 aliphatic heterocycles. The third-order valence-corrected chi connectivity index (χ3v) is 6.44. The van der Waals surface area contributed by atoms with Gasteiger partial charge >= 0.3 is 0 Å². The second-order valence-electron chi connectivity index (χ2n) is 7.77. The maximum absolute atomic E-state index is 13.1. The van der Waals surface area contributed by atoms with Gasteiger partial charge in [0.1, 0.15) is 10.8 Å². The molecule has 8 nitrogen and oxygen atoms in total. The number of hydrogen-bond donors (Lipinski definition) is 0. The molecular weight excluding hydrogens is 402 g/mol. The molecule has 1 atom stereocenters. The minimum atomic E-state index is -0.546. The summed E-state index contributed by atoms with van der Waals surface area (Å²) in [5.41, 5.74) is 1.43. The van der Waals surface area contributed by atoms with Gasteiger partial charge in [-0.05, 0) is 38.3 Å². The molecule has 1 aromatic carbocycles. The standard InChI is InChI=1S/C21H23N5O3S/c1-14-11-19(27)26-21(22-14)30-18(23-26)13-25-12-17(20(28)24-9-5-2-6-10-24)29-16-8-4-3-7-15(16)25/h3-4,7-8,11,17H,2,5-6,9-10,12-13H2,1H3/t17-/m1/s1. The van der Waals surface area contributed by atoms with Crippen molar-refractivity contribution in [2.75, 3.05) is 24.5 Å². The highest BCUT2D eigenvalue weighted by molar-refractivity contribution is 7.16. The highest BCUT2D eigenvalue weighted by Crippen LogP contribution is 2.35. The fraction of sp³-hybridized carbons (Fsp3) is 0.429. The van der Waals surface area contributed by atoms with Crippen molar-refractivity contribution in [2.45, 2.75) is 38.8 Å². The Morgan fingerprint density at radius 1 is 1.23 bits per heavy atom. The molecular formula is C21H23N5O3S. The Balaban J connectivity index is 1.44. The molecule has 0 N–H and O–H groups in total. The van der Waals surface area contributed by atoms with Crippen LogP contribution < -0.4 is 15.2 Å². The molecule has 1 amide bonds. The molecule has 1 saturated heterocycles. The number of likely N-dealkylation sites (tertiary alicyclic amines) is 1. The number of amides is 1. The number of aromatic nitrogens is 3. The zero-order valence-corrected chi connectivity index (χ0v) is 17.6. The third kappa shape index (κ3) is 3.54. The van der Waals surface area contributed by atoms with Crippen LogP contribution in [0.2, 0.25) is 0 Å². The highest BCUT2D eigenvalue weighted by Gasteiger charge is 2.34. The Bertz CT molecular complexity index is 1150. The van der Waals surface area contributed by atoms with Gasteiger partial charge in [-0.1, -0.05) is 23.5 Å². The van der Waals surface area contributed by atoms with E-state index in [4.69, 9.17) is 4.74 Å². The van der Waals surface area contributed by atoms with E-state index in [1.54, 1.807) is 6.92 Å². The van der Waals surface area contributed by atoms with Crippen molar-refractivity contribution in [3.05, 3.63) is 51.4 Å². The molecule has 2 aliphatic rings. The summed E-state index contributed by atoms with van der Waals surface area (Å²) in [7, 11) is 0. The van der Waals surface area contributed by atoms with E-state index in [9.17, 15) is 9.59 Å². The number of carbonyl (C=O) groups excluding carboxylic acids is 1. The number of anilines is 1. The summed E-state index contributed by atoms with van der Waals surface area (Å²) < 4.78 is 7.43. The zero-order valence-electron chi connectivity index (χ0n) is 16.8. The summed E-state index contributed by atoms with van der Waals surface area (Å²) in [6.45, 7) is 4.33. The number of rotatable bonds is 3. The molecule has 0 radical (unpaired) electrons. The number of hydrogen-bond acceptors (Lipinski definition) is 7. The first-order valence-electron chi connectivity index (χ1n) is 10.2. The molecule has 9 heteroatoms. The van der Waals surface area contributed by atoms with E-state index >= 15 is 0 Å². The van der Waals surface area contributed by atoms with Crippen LogP contribution >= 0.6 is 11.3 Å². The van der Waals surface area contributed by atoms with Crippen LogP contribution in [0.5, 0.6) is 5.75 Å². The van der Waals surface area contributed by atoms with Crippen LogP contribution in [-0.4, -0.2) is 51.1 Å². The third-order valence-electron chi connectivity index (χ3n) is 5.55. The molecule has 1 fully saturated rings. The van der Waals surface area contributed by atoms with Gasteiger partial charge in [-0.3, -0.25) is 9.59 Å². The number of carbonyl (C=O) groups is 1. The van der Waals surface area contributed by atoms with Gasteiger partial charge in [0.15, 0.2) is 6.10 Å². The second-order valence-corrected chi connectivity index (χ2v) is 8.81. The van der Waals surface area contributed by atoms with Crippen molar-refractivity contribution in [1.82, 2.24) is 19.5 Å². The maximum atomic E-state index is 13.1. The SMILES string of the molecule is Cc1cc(=O)n2nc(CN3C[C@H](C(=O)N4CCCCC4)Oc4ccccc43)sc2n1. The van der Waals surface area contributed by atoms with E-state index in [1.165, 1.54) is 28.3 Å². The summed E-state index contributed by atoms with van der Waals surface area (Å²) in [5.74, 6) is 0.748. The normalized spacial score (nSPS) is 18.9.